The normalized spacial score (nSPS) is 12.7. The van der Waals surface area contributed by atoms with Crippen molar-refractivity contribution in [2.75, 3.05) is 20.2 Å². The molecule has 0 aromatic heterocycles. The number of rotatable bonds is 8. The molecule has 1 rings (SSSR count). The minimum absolute atomic E-state index is 0.0438. The molecule has 0 spiro atoms. The van der Waals surface area contributed by atoms with Gasteiger partial charge in [-0.25, -0.2) is 12.8 Å². The Balaban J connectivity index is 2.57. The maximum Gasteiger partial charge on any atom is 0.321 e. The number of sulfonamides is 1. The summed E-state index contributed by atoms with van der Waals surface area (Å²) >= 11 is 0. The van der Waals surface area contributed by atoms with Gasteiger partial charge in [-0.05, 0) is 37.6 Å². The van der Waals surface area contributed by atoms with E-state index >= 15 is 0 Å². The van der Waals surface area contributed by atoms with E-state index in [0.29, 0.717) is 0 Å². The molecule has 1 aromatic rings. The summed E-state index contributed by atoms with van der Waals surface area (Å²) in [4.78, 5) is 23.0. The van der Waals surface area contributed by atoms with Crippen LogP contribution < -0.4 is 5.32 Å². The fourth-order valence-corrected chi connectivity index (χ4v) is 2.78. The first-order chi connectivity index (χ1) is 11.2. The molecule has 7 nitrogen and oxygen atoms in total. The van der Waals surface area contributed by atoms with Gasteiger partial charge in [-0.3, -0.25) is 9.59 Å². The lowest BCUT2D eigenvalue weighted by Gasteiger charge is -2.16. The van der Waals surface area contributed by atoms with Crippen molar-refractivity contribution in [2.45, 2.75) is 31.2 Å². The number of likely N-dealkylation sites (N-methyl/N-ethyl adjacent to an activating group) is 1. The Kier molecular flexibility index (Phi) is 7.30. The van der Waals surface area contributed by atoms with Crippen LogP contribution in [0.25, 0.3) is 0 Å². The second-order valence-corrected chi connectivity index (χ2v) is 7.30. The van der Waals surface area contributed by atoms with Crippen LogP contribution in [-0.2, 0) is 24.3 Å². The monoisotopic (exact) mass is 360 g/mol. The van der Waals surface area contributed by atoms with E-state index < -0.39 is 40.9 Å². The minimum Gasteiger partial charge on any atom is -0.455 e. The van der Waals surface area contributed by atoms with Gasteiger partial charge in [0.15, 0.2) is 6.61 Å². The third kappa shape index (κ3) is 5.89. The van der Waals surface area contributed by atoms with Crippen molar-refractivity contribution < 1.29 is 27.1 Å². The molecule has 1 aromatic carbocycles. The van der Waals surface area contributed by atoms with Gasteiger partial charge in [-0.2, -0.15) is 4.31 Å². The third-order valence-electron chi connectivity index (χ3n) is 3.26. The number of ether oxygens (including phenoxy) is 1. The van der Waals surface area contributed by atoms with Crippen molar-refractivity contribution in [2.24, 2.45) is 0 Å². The van der Waals surface area contributed by atoms with E-state index in [0.717, 1.165) is 35.0 Å². The number of nitrogens with one attached hydrogen (secondary N) is 1. The van der Waals surface area contributed by atoms with Crippen LogP contribution in [0.1, 0.15) is 20.3 Å². The smallest absolute Gasteiger partial charge is 0.321 e. The van der Waals surface area contributed by atoms with E-state index in [9.17, 15) is 22.4 Å². The Morgan fingerprint density at radius 2 is 1.88 bits per heavy atom. The molecule has 0 fully saturated rings. The van der Waals surface area contributed by atoms with Gasteiger partial charge in [0.1, 0.15) is 12.4 Å². The zero-order valence-corrected chi connectivity index (χ0v) is 14.6. The molecule has 0 heterocycles. The molecule has 0 aliphatic rings. The summed E-state index contributed by atoms with van der Waals surface area (Å²) in [5.74, 6) is -1.88. The predicted octanol–water partition coefficient (Wildman–Crippen LogP) is 0.904. The lowest BCUT2D eigenvalue weighted by molar-refractivity contribution is -0.148. The second-order valence-electron chi connectivity index (χ2n) is 5.25. The van der Waals surface area contributed by atoms with Crippen molar-refractivity contribution in [3.8, 4) is 0 Å². The first kappa shape index (κ1) is 20.0. The highest BCUT2D eigenvalue weighted by molar-refractivity contribution is 7.89. The summed E-state index contributed by atoms with van der Waals surface area (Å²) in [6.07, 6.45) is 0.734. The lowest BCUT2D eigenvalue weighted by Crippen LogP contribution is -2.37. The molecule has 1 amide bonds. The van der Waals surface area contributed by atoms with E-state index in [1.165, 1.54) is 7.05 Å². The summed E-state index contributed by atoms with van der Waals surface area (Å²) in [5, 5.41) is 2.62. The van der Waals surface area contributed by atoms with Gasteiger partial charge in [0.25, 0.3) is 5.91 Å². The second kappa shape index (κ2) is 8.74. The average molecular weight is 360 g/mol. The number of benzene rings is 1. The summed E-state index contributed by atoms with van der Waals surface area (Å²) in [6.45, 7) is 2.67. The van der Waals surface area contributed by atoms with Crippen molar-refractivity contribution in [3.63, 3.8) is 0 Å². The van der Waals surface area contributed by atoms with Crippen molar-refractivity contribution in [1.82, 2.24) is 9.62 Å². The topological polar surface area (TPSA) is 92.8 Å². The Hall–Kier alpha value is -2.00. The summed E-state index contributed by atoms with van der Waals surface area (Å²) in [7, 11) is -2.75. The van der Waals surface area contributed by atoms with Gasteiger partial charge < -0.3 is 10.1 Å². The number of esters is 1. The number of amides is 1. The first-order valence-corrected chi connectivity index (χ1v) is 8.77. The third-order valence-corrected chi connectivity index (χ3v) is 5.08. The maximum absolute atomic E-state index is 12.9. The molecule has 1 atom stereocenters. The van der Waals surface area contributed by atoms with Crippen LogP contribution >= 0.6 is 0 Å². The van der Waals surface area contributed by atoms with Gasteiger partial charge in [-0.1, -0.05) is 6.92 Å². The molecule has 0 aliphatic heterocycles. The van der Waals surface area contributed by atoms with Crippen LogP contribution in [0.5, 0.6) is 0 Å². The number of hydrogen-bond acceptors (Lipinski definition) is 5. The zero-order valence-electron chi connectivity index (χ0n) is 13.8. The SMILES string of the molecule is CC[C@@H](C)NC(=O)COC(=O)CN(C)S(=O)(=O)c1ccc(F)cc1. The highest BCUT2D eigenvalue weighted by atomic mass is 32.2. The minimum atomic E-state index is -3.95. The van der Waals surface area contributed by atoms with Gasteiger partial charge >= 0.3 is 5.97 Å². The molecular formula is C15H21FN2O5S. The molecular weight excluding hydrogens is 339 g/mol. The summed E-state index contributed by atoms with van der Waals surface area (Å²) in [5.41, 5.74) is 0. The van der Waals surface area contributed by atoms with Crippen LogP contribution in [0.3, 0.4) is 0 Å². The lowest BCUT2D eigenvalue weighted by atomic mass is 10.2. The number of nitrogens with zero attached hydrogens (tertiary/aromatic N) is 1. The van der Waals surface area contributed by atoms with Crippen LogP contribution in [-0.4, -0.2) is 50.8 Å². The largest absolute Gasteiger partial charge is 0.455 e. The molecule has 0 aliphatic carbocycles. The number of carbonyl (C=O) groups excluding carboxylic acids is 2. The van der Waals surface area contributed by atoms with Crippen LogP contribution in [0.15, 0.2) is 29.2 Å². The quantitative estimate of drug-likeness (QED) is 0.696. The molecule has 134 valence electrons. The molecule has 0 radical (unpaired) electrons. The van der Waals surface area contributed by atoms with Gasteiger partial charge in [-0.15, -0.1) is 0 Å². The van der Waals surface area contributed by atoms with Crippen LogP contribution in [0, 0.1) is 5.82 Å². The molecule has 1 N–H and O–H groups in total. The molecule has 0 saturated carbocycles. The average Bonchev–Trinajstić information content (AvgIpc) is 2.53. The Morgan fingerprint density at radius 3 is 2.42 bits per heavy atom. The fourth-order valence-electron chi connectivity index (χ4n) is 1.66. The number of halogens is 1. The highest BCUT2D eigenvalue weighted by Crippen LogP contribution is 2.14. The predicted molar refractivity (Wildman–Crippen MR) is 85.1 cm³/mol. The van der Waals surface area contributed by atoms with Crippen molar-refractivity contribution in [3.05, 3.63) is 30.1 Å². The highest BCUT2D eigenvalue weighted by Gasteiger charge is 2.24. The summed E-state index contributed by atoms with van der Waals surface area (Å²) < 4.78 is 42.8. The molecule has 0 saturated heterocycles. The first-order valence-electron chi connectivity index (χ1n) is 7.33. The zero-order chi connectivity index (χ0) is 18.3. The van der Waals surface area contributed by atoms with E-state index in [-0.39, 0.29) is 10.9 Å². The summed E-state index contributed by atoms with van der Waals surface area (Å²) in [6, 6.07) is 4.19. The Labute approximate surface area is 140 Å². The van der Waals surface area contributed by atoms with E-state index in [1.807, 2.05) is 13.8 Å². The van der Waals surface area contributed by atoms with E-state index in [1.54, 1.807) is 0 Å². The fraction of sp³-hybridized carbons (Fsp3) is 0.467. The van der Waals surface area contributed by atoms with Gasteiger partial charge in [0.2, 0.25) is 10.0 Å². The Morgan fingerprint density at radius 1 is 1.29 bits per heavy atom. The molecule has 0 bridgehead atoms. The van der Waals surface area contributed by atoms with Gasteiger partial charge in [0.05, 0.1) is 4.90 Å². The van der Waals surface area contributed by atoms with E-state index in [4.69, 9.17) is 4.74 Å². The van der Waals surface area contributed by atoms with Crippen LogP contribution in [0.4, 0.5) is 4.39 Å². The molecule has 9 heteroatoms. The number of carbonyl (C=O) groups is 2. The standard InChI is InChI=1S/C15H21FN2O5S/c1-4-11(2)17-14(19)10-23-15(20)9-18(3)24(21,22)13-7-5-12(16)6-8-13/h5-8,11H,4,9-10H2,1-3H3,(H,17,19)/t11-/m1/s1. The molecule has 0 unspecified atom stereocenters. The maximum atomic E-state index is 12.9. The Bertz CT molecular complexity index is 676. The number of hydrogen-bond donors (Lipinski definition) is 1. The van der Waals surface area contributed by atoms with Crippen molar-refractivity contribution in [1.29, 1.82) is 0 Å². The molecule has 24 heavy (non-hydrogen) atoms. The van der Waals surface area contributed by atoms with E-state index in [2.05, 4.69) is 5.32 Å². The van der Waals surface area contributed by atoms with Crippen molar-refractivity contribution >= 4 is 21.9 Å². The van der Waals surface area contributed by atoms with Crippen LogP contribution in [0.2, 0.25) is 0 Å². The van der Waals surface area contributed by atoms with Gasteiger partial charge in [0, 0.05) is 13.1 Å².